The van der Waals surface area contributed by atoms with E-state index in [-0.39, 0.29) is 19.8 Å². The number of benzene rings is 4. The summed E-state index contributed by atoms with van der Waals surface area (Å²) in [4.78, 5) is 4.90. The van der Waals surface area contributed by atoms with Crippen molar-refractivity contribution in [2.75, 3.05) is 13.7 Å². The van der Waals surface area contributed by atoms with Crippen LogP contribution in [-0.2, 0) is 43.5 Å². The van der Waals surface area contributed by atoms with Crippen molar-refractivity contribution in [2.45, 2.75) is 54.3 Å². The van der Waals surface area contributed by atoms with Gasteiger partial charge in [0.2, 0.25) is 12.2 Å². The Balaban J connectivity index is 1.50. The van der Waals surface area contributed by atoms with Gasteiger partial charge < -0.3 is 28.4 Å². The molecule has 48 heavy (non-hydrogen) atoms. The predicted octanol–water partition coefficient (Wildman–Crippen LogP) is 7.96. The molecule has 252 valence electrons. The summed E-state index contributed by atoms with van der Waals surface area (Å²) in [5, 5.41) is 8.40. The maximum absolute atomic E-state index is 8.40. The summed E-state index contributed by atoms with van der Waals surface area (Å²) in [6, 6.07) is 36.0. The lowest BCUT2D eigenvalue weighted by molar-refractivity contribution is -0.269. The van der Waals surface area contributed by atoms with Crippen LogP contribution in [0.1, 0.15) is 22.3 Å². The van der Waals surface area contributed by atoms with E-state index in [0.717, 1.165) is 22.3 Å². The highest BCUT2D eigenvalue weighted by atomic mass is 35.6. The maximum atomic E-state index is 8.40. The number of alkyl halides is 3. The van der Waals surface area contributed by atoms with Crippen molar-refractivity contribution in [2.24, 2.45) is 4.99 Å². The van der Waals surface area contributed by atoms with Crippen LogP contribution >= 0.6 is 34.8 Å². The molecule has 0 aromatic heterocycles. The lowest BCUT2D eigenvalue weighted by atomic mass is 9.96. The highest BCUT2D eigenvalue weighted by Crippen LogP contribution is 2.34. The second kappa shape index (κ2) is 17.8. The van der Waals surface area contributed by atoms with Crippen LogP contribution < -0.4 is 4.74 Å². The second-order valence-corrected chi connectivity index (χ2v) is 13.3. The Labute approximate surface area is 296 Å². The Morgan fingerprint density at radius 3 is 1.79 bits per heavy atom. The maximum Gasteiger partial charge on any atom is 0.265 e. The summed E-state index contributed by atoms with van der Waals surface area (Å²) in [7, 11) is 1.61. The van der Waals surface area contributed by atoms with Crippen molar-refractivity contribution in [1.82, 2.24) is 0 Å². The van der Waals surface area contributed by atoms with Gasteiger partial charge in [-0.3, -0.25) is 10.4 Å². The van der Waals surface area contributed by atoms with E-state index in [0.29, 0.717) is 12.4 Å². The number of halogens is 3. The van der Waals surface area contributed by atoms with Crippen molar-refractivity contribution in [3.8, 4) is 5.75 Å². The van der Waals surface area contributed by atoms with Gasteiger partial charge in [-0.05, 0) is 46.5 Å². The normalized spacial score (nSPS) is 21.2. The zero-order valence-corrected chi connectivity index (χ0v) is 28.6. The van der Waals surface area contributed by atoms with E-state index in [1.807, 2.05) is 115 Å². The van der Waals surface area contributed by atoms with Gasteiger partial charge >= 0.3 is 0 Å². The number of nitrogens with one attached hydrogen (secondary N) is 1. The average Bonchev–Trinajstić information content (AvgIpc) is 3.11. The number of rotatable bonds is 14. The molecule has 0 amide bonds. The second-order valence-electron chi connectivity index (χ2n) is 11.1. The smallest absolute Gasteiger partial charge is 0.265 e. The molecule has 1 heterocycles. The summed E-state index contributed by atoms with van der Waals surface area (Å²) in [6.07, 6.45) is -1.63. The zero-order chi connectivity index (χ0) is 33.8. The van der Waals surface area contributed by atoms with Crippen molar-refractivity contribution < 1.29 is 28.4 Å². The fourth-order valence-electron chi connectivity index (χ4n) is 5.12. The largest absolute Gasteiger partial charge is 0.497 e. The number of hydrogen-bond acceptors (Lipinski definition) is 8. The van der Waals surface area contributed by atoms with Gasteiger partial charge in [0.05, 0.1) is 33.5 Å². The number of ether oxygens (including phenoxy) is 6. The predicted molar refractivity (Wildman–Crippen MR) is 188 cm³/mol. The molecule has 4 aromatic carbocycles. The SMILES string of the molecule is COc1ccc(C=NC2C(OC(=N)C(Cl)(Cl)Cl)OC(COCc3ccccc3)C(OCc3ccccc3)C2OCc2ccccc2)cc1. The summed E-state index contributed by atoms with van der Waals surface area (Å²) < 4.78 is 35.0. The Morgan fingerprint density at radius 2 is 1.27 bits per heavy atom. The summed E-state index contributed by atoms with van der Waals surface area (Å²) in [5.41, 5.74) is 3.72. The van der Waals surface area contributed by atoms with Crippen molar-refractivity contribution in [3.05, 3.63) is 138 Å². The third-order valence-corrected chi connectivity index (χ3v) is 8.10. The Morgan fingerprint density at radius 1 is 0.750 bits per heavy atom. The molecule has 1 N–H and O–H groups in total. The molecule has 0 bridgehead atoms. The van der Waals surface area contributed by atoms with Gasteiger partial charge in [-0.2, -0.15) is 0 Å². The first kappa shape index (κ1) is 35.8. The molecule has 5 unspecified atom stereocenters. The quantitative estimate of drug-likeness (QED) is 0.0811. The van der Waals surface area contributed by atoms with Crippen LogP contribution in [0.5, 0.6) is 5.75 Å². The number of aliphatic imine (C=N–C) groups is 1. The molecular formula is C37H37Cl3N2O6. The number of hydrogen-bond donors (Lipinski definition) is 1. The molecule has 0 aliphatic carbocycles. The first-order valence-electron chi connectivity index (χ1n) is 15.4. The van der Waals surface area contributed by atoms with Gasteiger partial charge in [-0.15, -0.1) is 0 Å². The Hall–Kier alpha value is -3.47. The summed E-state index contributed by atoms with van der Waals surface area (Å²) in [6.45, 7) is 0.989. The van der Waals surface area contributed by atoms with E-state index >= 15 is 0 Å². The topological polar surface area (TPSA) is 91.6 Å². The van der Waals surface area contributed by atoms with E-state index in [2.05, 4.69) is 0 Å². The van der Waals surface area contributed by atoms with E-state index in [4.69, 9.17) is 73.6 Å². The Kier molecular flexibility index (Phi) is 13.3. The van der Waals surface area contributed by atoms with Crippen LogP contribution in [0.2, 0.25) is 0 Å². The lowest BCUT2D eigenvalue weighted by Crippen LogP contribution is -2.61. The van der Waals surface area contributed by atoms with E-state index < -0.39 is 40.3 Å². The summed E-state index contributed by atoms with van der Waals surface area (Å²) >= 11 is 18.2. The van der Waals surface area contributed by atoms with Gasteiger partial charge in [0.15, 0.2) is 0 Å². The molecular weight excluding hydrogens is 675 g/mol. The fourth-order valence-corrected chi connectivity index (χ4v) is 5.25. The first-order valence-corrected chi connectivity index (χ1v) is 16.5. The molecule has 0 spiro atoms. The van der Waals surface area contributed by atoms with Crippen LogP contribution in [-0.4, -0.2) is 60.3 Å². The standard InChI is InChI=1S/C37H37Cl3N2O6/c1-43-30-19-17-26(18-20-30)21-42-32-34(46-24-29-15-9-4-10-16-29)33(45-23-28-13-7-3-8-14-28)31(25-44-22-27-11-5-2-6-12-27)47-35(32)48-36(41)37(38,39)40/h2-21,31-35,41H,22-25H2,1H3. The average molecular weight is 712 g/mol. The van der Waals surface area contributed by atoms with E-state index in [9.17, 15) is 0 Å². The third kappa shape index (κ3) is 10.5. The number of nitrogens with zero attached hydrogens (tertiary/aromatic N) is 1. The molecule has 1 saturated heterocycles. The molecule has 1 aliphatic rings. The molecule has 5 rings (SSSR count). The van der Waals surface area contributed by atoms with Gasteiger partial charge in [0, 0.05) is 6.21 Å². The van der Waals surface area contributed by atoms with E-state index in [1.54, 1.807) is 13.3 Å². The van der Waals surface area contributed by atoms with Crippen molar-refractivity contribution in [1.29, 1.82) is 5.41 Å². The van der Waals surface area contributed by atoms with Gasteiger partial charge in [-0.25, -0.2) is 0 Å². The van der Waals surface area contributed by atoms with Crippen LogP contribution in [0.4, 0.5) is 0 Å². The van der Waals surface area contributed by atoms with Gasteiger partial charge in [0.25, 0.3) is 3.79 Å². The lowest BCUT2D eigenvalue weighted by Gasteiger charge is -2.44. The molecule has 1 aliphatic heterocycles. The molecule has 8 nitrogen and oxygen atoms in total. The van der Waals surface area contributed by atoms with E-state index in [1.165, 1.54) is 0 Å². The molecule has 11 heteroatoms. The minimum atomic E-state index is -2.13. The molecule has 1 fully saturated rings. The van der Waals surface area contributed by atoms with Crippen LogP contribution in [0.3, 0.4) is 0 Å². The molecule has 0 saturated carbocycles. The minimum absolute atomic E-state index is 0.120. The van der Waals surface area contributed by atoms with Crippen LogP contribution in [0, 0.1) is 5.41 Å². The minimum Gasteiger partial charge on any atom is -0.497 e. The number of methoxy groups -OCH3 is 1. The monoisotopic (exact) mass is 710 g/mol. The zero-order valence-electron chi connectivity index (χ0n) is 26.3. The van der Waals surface area contributed by atoms with Crippen molar-refractivity contribution >= 4 is 46.9 Å². The molecule has 5 atom stereocenters. The highest BCUT2D eigenvalue weighted by Gasteiger charge is 2.50. The fraction of sp³-hybridized carbons (Fsp3) is 0.297. The highest BCUT2D eigenvalue weighted by molar-refractivity contribution is 6.76. The molecule has 0 radical (unpaired) electrons. The van der Waals surface area contributed by atoms with Crippen LogP contribution in [0.25, 0.3) is 0 Å². The first-order chi connectivity index (χ1) is 23.3. The van der Waals surface area contributed by atoms with Gasteiger partial charge in [0.1, 0.15) is 30.1 Å². The third-order valence-electron chi connectivity index (χ3n) is 7.58. The van der Waals surface area contributed by atoms with Crippen LogP contribution in [0.15, 0.2) is 120 Å². The van der Waals surface area contributed by atoms with Crippen molar-refractivity contribution in [3.63, 3.8) is 0 Å². The summed E-state index contributed by atoms with van der Waals surface area (Å²) in [5.74, 6) is 0.0961. The Bertz CT molecular complexity index is 1570. The van der Waals surface area contributed by atoms with Gasteiger partial charge in [-0.1, -0.05) is 126 Å². The molecule has 4 aromatic rings.